The Hall–Kier alpha value is -8.15. The van der Waals surface area contributed by atoms with Crippen molar-refractivity contribution < 1.29 is 67.4 Å². The summed E-state index contributed by atoms with van der Waals surface area (Å²) >= 11 is 0. The van der Waals surface area contributed by atoms with Crippen molar-refractivity contribution in [2.45, 2.75) is 197 Å². The fourth-order valence-corrected chi connectivity index (χ4v) is 7.67. The molecule has 2 aliphatic rings. The van der Waals surface area contributed by atoms with Gasteiger partial charge in [-0.25, -0.2) is 0 Å². The van der Waals surface area contributed by atoms with Crippen molar-refractivity contribution >= 4 is 83.0 Å². The summed E-state index contributed by atoms with van der Waals surface area (Å²) in [4.78, 5) is 145. The van der Waals surface area contributed by atoms with Crippen LogP contribution in [0.3, 0.4) is 0 Å². The van der Waals surface area contributed by atoms with Crippen LogP contribution in [0.1, 0.15) is 159 Å². The van der Waals surface area contributed by atoms with Gasteiger partial charge in [-0.15, -0.1) is 0 Å². The average molecular weight is 1420 g/mol. The van der Waals surface area contributed by atoms with Crippen LogP contribution in [0, 0.1) is 11.8 Å². The first-order chi connectivity index (χ1) is 45.5. The molecule has 20 N–H and O–H groups in total. The first-order valence-corrected chi connectivity index (χ1v) is 31.7. The number of piperidine rings is 1. The van der Waals surface area contributed by atoms with E-state index in [0.717, 1.165) is 48.6 Å². The minimum absolute atomic E-state index is 0. The van der Waals surface area contributed by atoms with Crippen LogP contribution < -0.4 is 47.1 Å². The van der Waals surface area contributed by atoms with Crippen molar-refractivity contribution in [1.29, 1.82) is 0 Å². The molecule has 2 fully saturated rings. The molecule has 0 unspecified atom stereocenters. The predicted octanol–water partition coefficient (Wildman–Crippen LogP) is 8.35. The SMILES string of the molecule is C=O.C=O.C=O.C=O.C=O.C=O.C=O.CC.CC(=O)N(C)[C@@H](Cc1ccccc1)C(=O)N(C)[C@@H](C)C(=O)N1CCC[C@H]1C(=O)N(C)[C@@H](Cc1ccccc1)C(=O)N[C@@H](C)C(=O)N1CCCCC1.CC(C)O.CCC(C)C.CCC(C)C.CCc1ccccc1.CN.CN.CN.N.N.N.N. The summed E-state index contributed by atoms with van der Waals surface area (Å²) in [5.74, 6) is -0.244. The van der Waals surface area contributed by atoms with E-state index in [-0.39, 0.29) is 73.1 Å². The van der Waals surface area contributed by atoms with Crippen molar-refractivity contribution in [3.8, 4) is 0 Å². The smallest absolute Gasteiger partial charge is 0.246 e. The number of likely N-dealkylation sites (N-methyl/N-ethyl adjacent to an activating group) is 3. The molecule has 3 aromatic rings. The van der Waals surface area contributed by atoms with Crippen LogP contribution in [0.5, 0.6) is 0 Å². The zero-order chi connectivity index (χ0) is 77.2. The van der Waals surface area contributed by atoms with Crippen molar-refractivity contribution in [3.05, 3.63) is 108 Å². The van der Waals surface area contributed by atoms with Gasteiger partial charge >= 0.3 is 0 Å². The van der Waals surface area contributed by atoms with Crippen molar-refractivity contribution in [2.75, 3.05) is 61.9 Å². The summed E-state index contributed by atoms with van der Waals surface area (Å²) in [6.45, 7) is 43.2. The number of aliphatic hydroxyl groups is 1. The maximum atomic E-state index is 14.2. The number of aryl methyl sites for hydroxylation is 1. The predicted molar refractivity (Wildman–Crippen MR) is 409 cm³/mol. The van der Waals surface area contributed by atoms with Gasteiger partial charge in [0.2, 0.25) is 35.4 Å². The number of nitrogens with two attached hydrogens (primary N) is 3. The Balaban J connectivity index is -0.0000000932. The lowest BCUT2D eigenvalue weighted by Gasteiger charge is -2.37. The fraction of sp³-hybridized carbons (Fsp3) is 0.569. The minimum Gasteiger partial charge on any atom is -0.394 e. The highest BCUT2D eigenvalue weighted by Crippen LogP contribution is 2.24. The van der Waals surface area contributed by atoms with Gasteiger partial charge in [0, 0.05) is 66.6 Å². The van der Waals surface area contributed by atoms with Gasteiger partial charge in [0.25, 0.3) is 0 Å². The van der Waals surface area contributed by atoms with E-state index in [1.54, 1.807) is 53.7 Å². The van der Waals surface area contributed by atoms with E-state index in [2.05, 4.69) is 95.2 Å². The Morgan fingerprint density at radius 3 is 1.10 bits per heavy atom. The molecule has 6 amide bonds. The Bertz CT molecular complexity index is 2170. The van der Waals surface area contributed by atoms with E-state index in [4.69, 9.17) is 38.7 Å². The van der Waals surface area contributed by atoms with Crippen LogP contribution in [0.25, 0.3) is 0 Å². The molecule has 27 nitrogen and oxygen atoms in total. The number of aliphatic hydroxyl groups excluding tert-OH is 1. The van der Waals surface area contributed by atoms with Gasteiger partial charge in [-0.3, -0.25) is 28.8 Å². The van der Waals surface area contributed by atoms with Gasteiger partial charge in [-0.1, -0.05) is 166 Å². The number of likely N-dealkylation sites (tertiary alicyclic amines) is 2. The minimum atomic E-state index is -0.934. The summed E-state index contributed by atoms with van der Waals surface area (Å²) in [7, 11) is 9.19. The monoisotopic (exact) mass is 1410 g/mol. The van der Waals surface area contributed by atoms with Gasteiger partial charge in [0.1, 0.15) is 77.7 Å². The van der Waals surface area contributed by atoms with Crippen LogP contribution >= 0.6 is 0 Å². The van der Waals surface area contributed by atoms with Gasteiger partial charge in [0.15, 0.2) is 0 Å². The molecule has 5 atom stereocenters. The third-order valence-corrected chi connectivity index (χ3v) is 13.3. The van der Waals surface area contributed by atoms with Gasteiger partial charge in [-0.2, -0.15) is 0 Å². The second-order valence-electron chi connectivity index (χ2n) is 20.5. The summed E-state index contributed by atoms with van der Waals surface area (Å²) in [6.07, 6.45) is 8.03. The van der Waals surface area contributed by atoms with Gasteiger partial charge in [0.05, 0.1) is 0 Å². The number of hydrogen-bond donors (Lipinski definition) is 9. The summed E-state index contributed by atoms with van der Waals surface area (Å²) in [5, 5.41) is 10.9. The molecule has 2 saturated heterocycles. The molecule has 0 aromatic heterocycles. The topological polar surface area (TPSA) is 488 Å². The summed E-state index contributed by atoms with van der Waals surface area (Å²) in [6, 6.07) is 24.9. The molecular weight excluding hydrogens is 1270 g/mol. The third-order valence-electron chi connectivity index (χ3n) is 13.3. The van der Waals surface area contributed by atoms with E-state index in [0.29, 0.717) is 32.5 Å². The molecule has 3 aromatic carbocycles. The normalized spacial score (nSPS) is 12.0. The van der Waals surface area contributed by atoms with E-state index in [1.165, 1.54) is 66.1 Å². The Labute approximate surface area is 598 Å². The molecule has 0 radical (unpaired) electrons. The molecule has 0 bridgehead atoms. The van der Waals surface area contributed by atoms with Crippen molar-refractivity contribution in [3.63, 3.8) is 0 Å². The number of rotatable bonds is 16. The fourth-order valence-electron chi connectivity index (χ4n) is 7.67. The zero-order valence-corrected chi connectivity index (χ0v) is 65.0. The van der Waals surface area contributed by atoms with Gasteiger partial charge in [-0.05, 0) is 116 Å². The number of hydrogen-bond acceptors (Lipinski definition) is 21. The Kier molecular flexibility index (Phi) is 121. The first kappa shape index (κ1) is 127. The number of carbonyl (C=O) groups excluding carboxylic acids is 13. The molecule has 2 aliphatic heterocycles. The highest BCUT2D eigenvalue weighted by molar-refractivity contribution is 5.96. The lowest BCUT2D eigenvalue weighted by Crippen LogP contribution is -2.59. The number of nitrogens with zero attached hydrogens (tertiary/aromatic N) is 5. The van der Waals surface area contributed by atoms with Crippen LogP contribution in [0.4, 0.5) is 0 Å². The van der Waals surface area contributed by atoms with Crippen LogP contribution in [-0.4, -0.2) is 211 Å². The lowest BCUT2D eigenvalue weighted by molar-refractivity contribution is -0.152. The molecule has 580 valence electrons. The maximum absolute atomic E-state index is 14.2. The molecule has 5 rings (SSSR count). The van der Waals surface area contributed by atoms with Crippen molar-refractivity contribution in [1.82, 2.24) is 54.4 Å². The van der Waals surface area contributed by atoms with E-state index in [9.17, 15) is 28.8 Å². The molecule has 0 spiro atoms. The standard InChI is InChI=1S/C39H54N6O6.C8H10.2C5H12.C3H8O.C2H6.3CH5N.7CH2O.4H3N/c1-27(36(48)44-22-14-9-15-23-44)40-35(47)33(25-30-17-10-7-11-18-30)43(6)38(50)32-21-16-24-45(32)37(49)28(2)41(4)39(51)34(42(5)29(3)46)26-31-19-12-8-13-20-31;1-2-8-6-4-3-5-7-8;2*1-4-5(2)3;1-3(2)4;11*1-2;;;;/h7-8,10-13,17-20,27-28,32-34H,9,14-16,21-26H2,1-6H3,(H,40,47);3-7H,2H2,1H3;2*5H,4H2,1-3H3;3-4H,1-2H3;1-2H3;3*2H2,1H3;7*1H2;4*1H3/t27-,28-,32-,33-,34-;;;;;;;;;;;;;;;;;;;/m0.................../s1. The molecule has 27 heteroatoms. The quantitative estimate of drug-likeness (QED) is 0.0650. The van der Waals surface area contributed by atoms with E-state index in [1.807, 2.05) is 128 Å². The molecule has 2 heterocycles. The van der Waals surface area contributed by atoms with Crippen molar-refractivity contribution in [2.24, 2.45) is 29.0 Å². The number of benzene rings is 3. The highest BCUT2D eigenvalue weighted by Gasteiger charge is 2.42. The lowest BCUT2D eigenvalue weighted by atomic mass is 10.0. The van der Waals surface area contributed by atoms with Crippen LogP contribution in [0.15, 0.2) is 91.0 Å². The molecule has 0 saturated carbocycles. The number of amides is 6. The largest absolute Gasteiger partial charge is 0.394 e. The summed E-state index contributed by atoms with van der Waals surface area (Å²) < 4.78 is 0. The number of nitrogens with one attached hydrogen (secondary N) is 1. The van der Waals surface area contributed by atoms with Crippen LogP contribution in [0.2, 0.25) is 0 Å². The Morgan fingerprint density at radius 1 is 0.495 bits per heavy atom. The average Bonchev–Trinajstić information content (AvgIpc) is 1.79. The zero-order valence-electron chi connectivity index (χ0n) is 65.0. The number of carbonyl (C=O) groups is 13. The first-order valence-electron chi connectivity index (χ1n) is 31.7. The Morgan fingerprint density at radius 2 is 0.808 bits per heavy atom. The highest BCUT2D eigenvalue weighted by atomic mass is 16.3. The van der Waals surface area contributed by atoms with E-state index >= 15 is 0 Å². The van der Waals surface area contributed by atoms with Gasteiger partial charge < -0.3 is 110 Å². The molecule has 99 heavy (non-hydrogen) atoms. The molecule has 0 aliphatic carbocycles. The maximum Gasteiger partial charge on any atom is 0.246 e. The van der Waals surface area contributed by atoms with E-state index < -0.39 is 36.1 Å². The third kappa shape index (κ3) is 64.3. The van der Waals surface area contributed by atoms with Crippen LogP contribution in [-0.2, 0) is 81.6 Å². The second-order valence-corrected chi connectivity index (χ2v) is 20.5. The summed E-state index contributed by atoms with van der Waals surface area (Å²) in [5.41, 5.74) is 16.6. The molecular formula is C72H143N13O14. The second kappa shape index (κ2) is 94.0.